The number of halogens is 1. The summed E-state index contributed by atoms with van der Waals surface area (Å²) in [4.78, 5) is 0. The van der Waals surface area contributed by atoms with Crippen LogP contribution >= 0.6 is 11.6 Å². The lowest BCUT2D eigenvalue weighted by Crippen LogP contribution is -2.09. The minimum Gasteiger partial charge on any atom is -0.496 e. The largest absolute Gasteiger partial charge is 0.496 e. The number of rotatable bonds is 2. The maximum atomic E-state index is 6.17. The standard InChI is InChI=1S/C18H17ClN4O/c1-11-10-20-14-9-12(19)7-8-15(14)23-17(11)21-22-18(23)13-5-3-4-6-16(13)24-2/h3-9,11,20H,10H2,1-2H3/t11-/m0/s1. The summed E-state index contributed by atoms with van der Waals surface area (Å²) in [7, 11) is 1.66. The Morgan fingerprint density at radius 2 is 2.04 bits per heavy atom. The second-order valence-electron chi connectivity index (χ2n) is 5.86. The fraction of sp³-hybridized carbons (Fsp3) is 0.222. The van der Waals surface area contributed by atoms with Crippen LogP contribution in [0, 0.1) is 0 Å². The van der Waals surface area contributed by atoms with E-state index in [1.807, 2.05) is 42.5 Å². The number of para-hydroxylation sites is 1. The van der Waals surface area contributed by atoms with E-state index in [0.29, 0.717) is 5.02 Å². The maximum absolute atomic E-state index is 6.17. The summed E-state index contributed by atoms with van der Waals surface area (Å²) in [5.74, 6) is 2.67. The van der Waals surface area contributed by atoms with Gasteiger partial charge in [-0.2, -0.15) is 0 Å². The Bertz CT molecular complexity index is 906. The molecule has 2 heterocycles. The van der Waals surface area contributed by atoms with E-state index in [0.717, 1.165) is 40.9 Å². The minimum absolute atomic E-state index is 0.215. The lowest BCUT2D eigenvalue weighted by Gasteiger charge is -2.14. The van der Waals surface area contributed by atoms with Gasteiger partial charge < -0.3 is 10.1 Å². The van der Waals surface area contributed by atoms with Gasteiger partial charge in [0.2, 0.25) is 0 Å². The number of nitrogens with zero attached hydrogens (tertiary/aromatic N) is 3. The molecule has 0 bridgehead atoms. The second-order valence-corrected chi connectivity index (χ2v) is 6.30. The van der Waals surface area contributed by atoms with Gasteiger partial charge in [-0.05, 0) is 30.3 Å². The van der Waals surface area contributed by atoms with Crippen LogP contribution in [0.4, 0.5) is 5.69 Å². The van der Waals surface area contributed by atoms with E-state index in [1.165, 1.54) is 0 Å². The third-order valence-electron chi connectivity index (χ3n) is 4.27. The van der Waals surface area contributed by atoms with Crippen molar-refractivity contribution in [2.24, 2.45) is 0 Å². The number of aromatic nitrogens is 3. The summed E-state index contributed by atoms with van der Waals surface area (Å²) in [5.41, 5.74) is 2.88. The van der Waals surface area contributed by atoms with Crippen LogP contribution in [0.25, 0.3) is 17.1 Å². The molecule has 1 aliphatic rings. The molecule has 0 fully saturated rings. The van der Waals surface area contributed by atoms with Gasteiger partial charge in [-0.3, -0.25) is 4.57 Å². The van der Waals surface area contributed by atoms with E-state index in [1.54, 1.807) is 7.11 Å². The van der Waals surface area contributed by atoms with Crippen LogP contribution < -0.4 is 10.1 Å². The first-order valence-corrected chi connectivity index (χ1v) is 8.19. The summed E-state index contributed by atoms with van der Waals surface area (Å²) in [6, 6.07) is 13.7. The Hall–Kier alpha value is -2.53. The summed E-state index contributed by atoms with van der Waals surface area (Å²) in [5, 5.41) is 13.1. The lowest BCUT2D eigenvalue weighted by atomic mass is 10.1. The highest BCUT2D eigenvalue weighted by atomic mass is 35.5. The van der Waals surface area contributed by atoms with Crippen molar-refractivity contribution in [1.29, 1.82) is 0 Å². The molecular weight excluding hydrogens is 324 g/mol. The lowest BCUT2D eigenvalue weighted by molar-refractivity contribution is 0.416. The molecule has 1 atom stereocenters. The smallest absolute Gasteiger partial charge is 0.172 e. The van der Waals surface area contributed by atoms with Crippen molar-refractivity contribution in [2.75, 3.05) is 19.0 Å². The van der Waals surface area contributed by atoms with Gasteiger partial charge in [-0.25, -0.2) is 0 Å². The number of anilines is 1. The molecular formula is C18H17ClN4O. The predicted octanol–water partition coefficient (Wildman–Crippen LogP) is 4.13. The normalized spacial score (nSPS) is 15.9. The Labute approximate surface area is 145 Å². The van der Waals surface area contributed by atoms with Gasteiger partial charge in [0, 0.05) is 17.5 Å². The van der Waals surface area contributed by atoms with Crippen LogP contribution in [0.5, 0.6) is 5.75 Å². The number of fused-ring (bicyclic) bond motifs is 3. The SMILES string of the molecule is COc1ccccc1-c1nnc2n1-c1ccc(Cl)cc1NC[C@@H]2C. The molecule has 1 aliphatic heterocycles. The highest BCUT2D eigenvalue weighted by Crippen LogP contribution is 2.37. The highest BCUT2D eigenvalue weighted by molar-refractivity contribution is 6.31. The van der Waals surface area contributed by atoms with Crippen molar-refractivity contribution in [3.8, 4) is 22.8 Å². The van der Waals surface area contributed by atoms with Gasteiger partial charge in [-0.15, -0.1) is 10.2 Å². The molecule has 2 aromatic carbocycles. The number of methoxy groups -OCH3 is 1. The summed E-state index contributed by atoms with van der Waals surface area (Å²) in [6.45, 7) is 2.91. The second kappa shape index (κ2) is 5.83. The molecule has 24 heavy (non-hydrogen) atoms. The van der Waals surface area contributed by atoms with Gasteiger partial charge >= 0.3 is 0 Å². The Balaban J connectivity index is 2.00. The Morgan fingerprint density at radius 3 is 2.88 bits per heavy atom. The van der Waals surface area contributed by atoms with Crippen molar-refractivity contribution < 1.29 is 4.74 Å². The maximum Gasteiger partial charge on any atom is 0.172 e. The molecule has 6 heteroatoms. The van der Waals surface area contributed by atoms with Crippen molar-refractivity contribution in [1.82, 2.24) is 14.8 Å². The molecule has 1 aromatic heterocycles. The van der Waals surface area contributed by atoms with E-state index in [2.05, 4.69) is 27.0 Å². The molecule has 3 aromatic rings. The molecule has 0 radical (unpaired) electrons. The third kappa shape index (κ3) is 2.32. The third-order valence-corrected chi connectivity index (χ3v) is 4.51. The molecule has 122 valence electrons. The number of hydrogen-bond acceptors (Lipinski definition) is 4. The zero-order valence-electron chi connectivity index (χ0n) is 13.5. The fourth-order valence-electron chi connectivity index (χ4n) is 3.06. The summed E-state index contributed by atoms with van der Waals surface area (Å²) in [6.07, 6.45) is 0. The molecule has 0 unspecified atom stereocenters. The average Bonchev–Trinajstić information content (AvgIpc) is 2.99. The van der Waals surface area contributed by atoms with E-state index in [4.69, 9.17) is 16.3 Å². The van der Waals surface area contributed by atoms with Crippen molar-refractivity contribution >= 4 is 17.3 Å². The fourth-order valence-corrected chi connectivity index (χ4v) is 3.23. The Kier molecular flexibility index (Phi) is 3.65. The van der Waals surface area contributed by atoms with Gasteiger partial charge in [0.15, 0.2) is 5.82 Å². The Morgan fingerprint density at radius 1 is 1.21 bits per heavy atom. The molecule has 4 rings (SSSR count). The summed E-state index contributed by atoms with van der Waals surface area (Å²) >= 11 is 6.17. The predicted molar refractivity (Wildman–Crippen MR) is 95.3 cm³/mol. The van der Waals surface area contributed by atoms with Gasteiger partial charge in [-0.1, -0.05) is 30.7 Å². The topological polar surface area (TPSA) is 52.0 Å². The molecule has 0 saturated carbocycles. The highest BCUT2D eigenvalue weighted by Gasteiger charge is 2.26. The van der Waals surface area contributed by atoms with Crippen LogP contribution in [0.2, 0.25) is 5.02 Å². The van der Waals surface area contributed by atoms with E-state index < -0.39 is 0 Å². The van der Waals surface area contributed by atoms with E-state index in [9.17, 15) is 0 Å². The average molecular weight is 341 g/mol. The van der Waals surface area contributed by atoms with Crippen molar-refractivity contribution in [2.45, 2.75) is 12.8 Å². The number of nitrogens with one attached hydrogen (secondary N) is 1. The first-order valence-electron chi connectivity index (χ1n) is 7.81. The van der Waals surface area contributed by atoms with Gasteiger partial charge in [0.1, 0.15) is 11.6 Å². The van der Waals surface area contributed by atoms with Gasteiger partial charge in [0.05, 0.1) is 24.0 Å². The monoisotopic (exact) mass is 340 g/mol. The summed E-state index contributed by atoms with van der Waals surface area (Å²) < 4.78 is 7.60. The van der Waals surface area contributed by atoms with Crippen LogP contribution in [0.1, 0.15) is 18.7 Å². The first kappa shape index (κ1) is 15.0. The van der Waals surface area contributed by atoms with Crippen LogP contribution in [0.3, 0.4) is 0 Å². The zero-order chi connectivity index (χ0) is 16.7. The first-order chi connectivity index (χ1) is 11.7. The quantitative estimate of drug-likeness (QED) is 0.762. The van der Waals surface area contributed by atoms with Gasteiger partial charge in [0.25, 0.3) is 0 Å². The van der Waals surface area contributed by atoms with E-state index >= 15 is 0 Å². The minimum atomic E-state index is 0.215. The van der Waals surface area contributed by atoms with E-state index in [-0.39, 0.29) is 5.92 Å². The number of benzene rings is 2. The molecule has 0 amide bonds. The number of ether oxygens (including phenoxy) is 1. The van der Waals surface area contributed by atoms with Crippen LogP contribution in [-0.4, -0.2) is 28.4 Å². The molecule has 1 N–H and O–H groups in total. The number of hydrogen-bond donors (Lipinski definition) is 1. The van der Waals surface area contributed by atoms with Crippen LogP contribution in [-0.2, 0) is 0 Å². The molecule has 0 spiro atoms. The molecule has 0 saturated heterocycles. The van der Waals surface area contributed by atoms with Crippen molar-refractivity contribution in [3.05, 3.63) is 53.3 Å². The van der Waals surface area contributed by atoms with Crippen LogP contribution in [0.15, 0.2) is 42.5 Å². The van der Waals surface area contributed by atoms with Crippen molar-refractivity contribution in [3.63, 3.8) is 0 Å². The zero-order valence-corrected chi connectivity index (χ0v) is 14.2. The molecule has 5 nitrogen and oxygen atoms in total. The molecule has 0 aliphatic carbocycles.